The first-order chi connectivity index (χ1) is 20.9. The third kappa shape index (κ3) is 5.62. The average molecular weight is 611 g/mol. The van der Waals surface area contributed by atoms with Crippen LogP contribution in [0.4, 0.5) is 0 Å². The minimum Gasteiger partial charge on any atom is -0.508 e. The Balaban J connectivity index is 1.54. The molecular formula is C30H26O14. The number of ketones is 1. The second-order valence-electron chi connectivity index (χ2n) is 9.93. The number of hydrogen-bond acceptors (Lipinski definition) is 14. The number of hydrogen-bond donors (Lipinski definition) is 9. The zero-order chi connectivity index (χ0) is 31.9. The predicted octanol–water partition coefficient (Wildman–Crippen LogP) is 0.998. The van der Waals surface area contributed by atoms with Gasteiger partial charge in [0, 0.05) is 29.3 Å². The maximum atomic E-state index is 13.6. The van der Waals surface area contributed by atoms with Crippen LogP contribution in [0.1, 0.15) is 5.56 Å². The van der Waals surface area contributed by atoms with Gasteiger partial charge in [-0.25, -0.2) is 0 Å². The molecule has 1 fully saturated rings. The molecule has 230 valence electrons. The van der Waals surface area contributed by atoms with Crippen LogP contribution >= 0.6 is 0 Å². The molecule has 14 nitrogen and oxygen atoms in total. The van der Waals surface area contributed by atoms with Crippen LogP contribution in [0, 0.1) is 0 Å². The molecular weight excluding hydrogens is 584 g/mol. The highest BCUT2D eigenvalue weighted by molar-refractivity contribution is 5.98. The number of ether oxygens (including phenoxy) is 2. The van der Waals surface area contributed by atoms with E-state index in [9.17, 15) is 55.5 Å². The van der Waals surface area contributed by atoms with Gasteiger partial charge in [0.05, 0.1) is 0 Å². The fourth-order valence-corrected chi connectivity index (χ4v) is 4.65. The second kappa shape index (κ2) is 11.9. The molecule has 0 spiro atoms. The maximum Gasteiger partial charge on any atom is 0.239 e. The van der Waals surface area contributed by atoms with Gasteiger partial charge < -0.3 is 59.8 Å². The van der Waals surface area contributed by atoms with E-state index in [-0.39, 0.29) is 16.7 Å². The average Bonchev–Trinajstić information content (AvgIpc) is 2.99. The van der Waals surface area contributed by atoms with Gasteiger partial charge >= 0.3 is 0 Å². The lowest BCUT2D eigenvalue weighted by Crippen LogP contribution is -2.63. The SMILES string of the molecule is O=C(C=C(O)c1ccccc1)C(O)[C@H]1O[C@@H](Oc2c(-c3ccc(O)c(O)c3)oc3cc(O)cc(O)c3c2=O)[C@H](O)[C@@H](O)[C@H]1O. The molecule has 9 N–H and O–H groups in total. The molecule has 0 bridgehead atoms. The van der Waals surface area contributed by atoms with Crippen LogP contribution in [0.3, 0.4) is 0 Å². The van der Waals surface area contributed by atoms with Crippen LogP contribution in [0.2, 0.25) is 0 Å². The summed E-state index contributed by atoms with van der Waals surface area (Å²) in [7, 11) is 0. The van der Waals surface area contributed by atoms with E-state index in [2.05, 4.69) is 0 Å². The van der Waals surface area contributed by atoms with Crippen molar-refractivity contribution in [1.29, 1.82) is 0 Å². The topological polar surface area (TPSA) is 248 Å². The molecule has 5 rings (SSSR count). The molecule has 14 heteroatoms. The third-order valence-electron chi connectivity index (χ3n) is 6.95. The number of benzene rings is 3. The van der Waals surface area contributed by atoms with E-state index in [0.29, 0.717) is 6.08 Å². The molecule has 0 aliphatic carbocycles. The summed E-state index contributed by atoms with van der Waals surface area (Å²) in [6.07, 6.45) is -11.8. The van der Waals surface area contributed by atoms with E-state index in [1.54, 1.807) is 18.2 Å². The normalized spacial score (nSPS) is 22.9. The van der Waals surface area contributed by atoms with Crippen molar-refractivity contribution in [2.75, 3.05) is 0 Å². The zero-order valence-corrected chi connectivity index (χ0v) is 22.4. The highest BCUT2D eigenvalue weighted by atomic mass is 16.7. The third-order valence-corrected chi connectivity index (χ3v) is 6.95. The van der Waals surface area contributed by atoms with E-state index < -0.39 is 93.7 Å². The van der Waals surface area contributed by atoms with Crippen molar-refractivity contribution in [3.63, 3.8) is 0 Å². The summed E-state index contributed by atoms with van der Waals surface area (Å²) in [5, 5.41) is 92.3. The Morgan fingerprint density at radius 3 is 2.25 bits per heavy atom. The number of rotatable bonds is 7. The molecule has 4 aromatic rings. The Morgan fingerprint density at radius 1 is 0.864 bits per heavy atom. The molecule has 1 unspecified atom stereocenters. The molecule has 6 atom stereocenters. The van der Waals surface area contributed by atoms with Gasteiger partial charge in [-0.3, -0.25) is 9.59 Å². The van der Waals surface area contributed by atoms with Crippen LogP contribution < -0.4 is 10.2 Å². The molecule has 0 saturated carbocycles. The number of phenolic OH excluding ortho intramolecular Hbond substituents is 4. The van der Waals surface area contributed by atoms with Crippen molar-refractivity contribution in [2.24, 2.45) is 0 Å². The Morgan fingerprint density at radius 2 is 1.57 bits per heavy atom. The van der Waals surface area contributed by atoms with Crippen LogP contribution in [0.25, 0.3) is 28.1 Å². The monoisotopic (exact) mass is 610 g/mol. The number of aliphatic hydroxyl groups excluding tert-OH is 5. The minimum absolute atomic E-state index is 0.0729. The summed E-state index contributed by atoms with van der Waals surface area (Å²) in [6, 6.07) is 12.9. The molecule has 2 heterocycles. The molecule has 1 aliphatic heterocycles. The number of carbonyl (C=O) groups excluding carboxylic acids is 1. The Labute approximate surface area is 246 Å². The lowest BCUT2D eigenvalue weighted by atomic mass is 9.93. The molecule has 1 aromatic heterocycles. The van der Waals surface area contributed by atoms with Crippen LogP contribution in [0.5, 0.6) is 28.7 Å². The fraction of sp³-hybridized carbons (Fsp3) is 0.200. The van der Waals surface area contributed by atoms with Gasteiger partial charge in [-0.2, -0.15) is 0 Å². The highest BCUT2D eigenvalue weighted by Crippen LogP contribution is 2.39. The van der Waals surface area contributed by atoms with E-state index in [1.807, 2.05) is 0 Å². The first-order valence-electron chi connectivity index (χ1n) is 13.0. The lowest BCUT2D eigenvalue weighted by molar-refractivity contribution is -0.285. The van der Waals surface area contributed by atoms with Gasteiger partial charge in [-0.05, 0) is 18.2 Å². The number of carbonyl (C=O) groups is 1. The molecule has 1 saturated heterocycles. The summed E-state index contributed by atoms with van der Waals surface area (Å²) in [4.78, 5) is 26.4. The number of fused-ring (bicyclic) bond motifs is 1. The number of phenols is 4. The zero-order valence-electron chi connectivity index (χ0n) is 22.4. The Kier molecular flexibility index (Phi) is 8.19. The van der Waals surface area contributed by atoms with Crippen molar-refractivity contribution in [3.05, 3.63) is 82.5 Å². The van der Waals surface area contributed by atoms with Crippen LogP contribution in [0.15, 0.2) is 76.0 Å². The highest BCUT2D eigenvalue weighted by Gasteiger charge is 2.49. The molecule has 0 amide bonds. The number of aliphatic hydroxyl groups is 5. The van der Waals surface area contributed by atoms with Crippen molar-refractivity contribution >= 4 is 22.5 Å². The number of aromatic hydroxyl groups is 4. The quantitative estimate of drug-likeness (QED) is 0.0805. The summed E-state index contributed by atoms with van der Waals surface area (Å²) in [6.45, 7) is 0. The van der Waals surface area contributed by atoms with E-state index in [4.69, 9.17) is 13.9 Å². The Hall–Kier alpha value is -5.12. The minimum atomic E-state index is -2.21. The van der Waals surface area contributed by atoms with Crippen molar-refractivity contribution in [3.8, 4) is 40.1 Å². The van der Waals surface area contributed by atoms with Gasteiger partial charge in [0.15, 0.2) is 23.0 Å². The molecule has 0 radical (unpaired) electrons. The van der Waals surface area contributed by atoms with Crippen molar-refractivity contribution in [2.45, 2.75) is 36.8 Å². The smallest absolute Gasteiger partial charge is 0.239 e. The predicted molar refractivity (Wildman–Crippen MR) is 150 cm³/mol. The largest absolute Gasteiger partial charge is 0.508 e. The summed E-state index contributed by atoms with van der Waals surface area (Å²) in [5.41, 5.74) is -1.24. The van der Waals surface area contributed by atoms with Crippen molar-refractivity contribution < 1.29 is 64.6 Å². The van der Waals surface area contributed by atoms with Crippen LogP contribution in [-0.2, 0) is 9.53 Å². The van der Waals surface area contributed by atoms with Gasteiger partial charge in [0.2, 0.25) is 17.5 Å². The standard InChI is InChI=1S/C30H26O14/c31-14-9-18(35)21-20(10-14)42-27(13-6-7-15(32)17(34)8-13)29(23(21)38)44-30-26(41)24(39)25(40)28(43-30)22(37)19(36)11-16(33)12-4-2-1-3-5-12/h1-11,22,24-26,28,30-35,37,39-41H/t22?,24-,25+,26+,28+,30-/m0/s1. The van der Waals surface area contributed by atoms with Gasteiger partial charge in [-0.1, -0.05) is 30.3 Å². The van der Waals surface area contributed by atoms with E-state index >= 15 is 0 Å². The van der Waals surface area contributed by atoms with Crippen molar-refractivity contribution in [1.82, 2.24) is 0 Å². The van der Waals surface area contributed by atoms with Gasteiger partial charge in [-0.15, -0.1) is 0 Å². The first kappa shape index (κ1) is 30.3. The maximum absolute atomic E-state index is 13.6. The molecule has 1 aliphatic rings. The molecule has 3 aromatic carbocycles. The molecule has 44 heavy (non-hydrogen) atoms. The summed E-state index contributed by atoms with van der Waals surface area (Å²) < 4.78 is 16.8. The van der Waals surface area contributed by atoms with E-state index in [0.717, 1.165) is 24.3 Å². The van der Waals surface area contributed by atoms with Gasteiger partial charge in [0.25, 0.3) is 0 Å². The summed E-state index contributed by atoms with van der Waals surface area (Å²) >= 11 is 0. The first-order valence-corrected chi connectivity index (χ1v) is 13.0. The van der Waals surface area contributed by atoms with Crippen LogP contribution in [-0.4, -0.2) is 88.6 Å². The lowest BCUT2D eigenvalue weighted by Gasteiger charge is -2.41. The fourth-order valence-electron chi connectivity index (χ4n) is 4.65. The Bertz CT molecular complexity index is 1800. The van der Waals surface area contributed by atoms with E-state index in [1.165, 1.54) is 18.2 Å². The second-order valence-corrected chi connectivity index (χ2v) is 9.93. The summed E-state index contributed by atoms with van der Waals surface area (Å²) in [5.74, 6) is -5.22. The van der Waals surface area contributed by atoms with Gasteiger partial charge in [0.1, 0.15) is 58.7 Å².